The van der Waals surface area contributed by atoms with E-state index in [-0.39, 0.29) is 17.0 Å². The number of nitro groups is 1. The molecule has 0 aliphatic carbocycles. The molecule has 3 rings (SSSR count). The summed E-state index contributed by atoms with van der Waals surface area (Å²) < 4.78 is 5.11. The van der Waals surface area contributed by atoms with Crippen LogP contribution in [-0.4, -0.2) is 17.9 Å². The van der Waals surface area contributed by atoms with Crippen molar-refractivity contribution in [1.82, 2.24) is 5.32 Å². The Kier molecular flexibility index (Phi) is 5.81. The van der Waals surface area contributed by atoms with Gasteiger partial charge >= 0.3 is 0 Å². The van der Waals surface area contributed by atoms with E-state index in [9.17, 15) is 14.9 Å². The number of hydrogen-bond acceptors (Lipinski definition) is 5. The van der Waals surface area contributed by atoms with Gasteiger partial charge in [-0.3, -0.25) is 14.9 Å². The van der Waals surface area contributed by atoms with E-state index in [1.807, 2.05) is 38.1 Å². The predicted octanol–water partition coefficient (Wildman–Crippen LogP) is 4.16. The summed E-state index contributed by atoms with van der Waals surface area (Å²) in [7, 11) is 1.59. The first-order valence-electron chi connectivity index (χ1n) is 7.48. The highest BCUT2D eigenvalue weighted by molar-refractivity contribution is 7.99. The number of rotatable bonds is 3. The Bertz CT molecular complexity index is 747. The zero-order chi connectivity index (χ0) is 17.7. The van der Waals surface area contributed by atoms with Gasteiger partial charge in [0.2, 0.25) is 0 Å². The average molecular weight is 346 g/mol. The second-order valence-corrected chi connectivity index (χ2v) is 5.83. The Balaban J connectivity index is 0.00000100. The summed E-state index contributed by atoms with van der Waals surface area (Å²) in [4.78, 5) is 23.2. The molecule has 0 bridgehead atoms. The molecule has 0 spiro atoms. The van der Waals surface area contributed by atoms with Gasteiger partial charge in [0.15, 0.2) is 0 Å². The summed E-state index contributed by atoms with van der Waals surface area (Å²) in [5.41, 5.74) is 1.18. The number of thioether (sulfide) groups is 1. The molecule has 1 aliphatic heterocycles. The zero-order valence-corrected chi connectivity index (χ0v) is 14.4. The Morgan fingerprint density at radius 2 is 1.83 bits per heavy atom. The van der Waals surface area contributed by atoms with Crippen LogP contribution < -0.4 is 10.1 Å². The van der Waals surface area contributed by atoms with Gasteiger partial charge in [-0.05, 0) is 23.8 Å². The number of ether oxygens (including phenoxy) is 1. The van der Waals surface area contributed by atoms with Gasteiger partial charge in [-0.15, -0.1) is 0 Å². The van der Waals surface area contributed by atoms with E-state index in [0.717, 1.165) is 16.2 Å². The number of nitro benzene ring substituents is 1. The van der Waals surface area contributed by atoms with E-state index in [1.54, 1.807) is 13.2 Å². The lowest BCUT2D eigenvalue weighted by atomic mass is 10.1. The minimum Gasteiger partial charge on any atom is -0.497 e. The monoisotopic (exact) mass is 346 g/mol. The number of non-ortho nitro benzene ring substituents is 1. The topological polar surface area (TPSA) is 81.5 Å². The lowest BCUT2D eigenvalue weighted by Crippen LogP contribution is -2.30. The van der Waals surface area contributed by atoms with Gasteiger partial charge < -0.3 is 10.1 Å². The minimum atomic E-state index is -0.506. The SMILES string of the molecule is CC.COc1ccc(C2NC(=O)c3cc([N+](=O)[O-])ccc3S2)cc1. The van der Waals surface area contributed by atoms with Crippen LogP contribution in [0.1, 0.15) is 35.1 Å². The fourth-order valence-corrected chi connectivity index (χ4v) is 3.33. The number of fused-ring (bicyclic) bond motifs is 1. The normalized spacial score (nSPS) is 15.5. The molecule has 1 aliphatic rings. The van der Waals surface area contributed by atoms with Crippen LogP contribution in [0.3, 0.4) is 0 Å². The first-order valence-corrected chi connectivity index (χ1v) is 8.36. The third-order valence-electron chi connectivity index (χ3n) is 3.34. The Labute approximate surface area is 144 Å². The highest BCUT2D eigenvalue weighted by atomic mass is 32.2. The lowest BCUT2D eigenvalue weighted by Gasteiger charge is -2.25. The van der Waals surface area contributed by atoms with Crippen molar-refractivity contribution >= 4 is 23.4 Å². The van der Waals surface area contributed by atoms with Gasteiger partial charge in [0, 0.05) is 17.0 Å². The smallest absolute Gasteiger partial charge is 0.270 e. The fraction of sp³-hybridized carbons (Fsp3) is 0.235. The highest BCUT2D eigenvalue weighted by Gasteiger charge is 2.27. The molecule has 0 radical (unpaired) electrons. The standard InChI is InChI=1S/C15H12N2O4S.C2H6/c1-21-11-5-2-9(3-6-11)15-16-14(18)12-8-10(17(19)20)4-7-13(12)22-15;1-2/h2-8,15H,1H3,(H,16,18);1-2H3. The van der Waals surface area contributed by atoms with Gasteiger partial charge in [0.05, 0.1) is 17.6 Å². The van der Waals surface area contributed by atoms with Crippen LogP contribution in [0, 0.1) is 10.1 Å². The van der Waals surface area contributed by atoms with Crippen molar-refractivity contribution in [2.75, 3.05) is 7.11 Å². The first kappa shape index (κ1) is 17.8. The summed E-state index contributed by atoms with van der Waals surface area (Å²) in [6, 6.07) is 11.8. The average Bonchev–Trinajstić information content (AvgIpc) is 2.63. The summed E-state index contributed by atoms with van der Waals surface area (Å²) in [5, 5.41) is 13.4. The summed E-state index contributed by atoms with van der Waals surface area (Å²) in [6.45, 7) is 4.00. The Hall–Kier alpha value is -2.54. The first-order chi connectivity index (χ1) is 11.6. The molecule has 1 atom stereocenters. The summed E-state index contributed by atoms with van der Waals surface area (Å²) in [5.74, 6) is 0.435. The number of hydrogen-bond donors (Lipinski definition) is 1. The largest absolute Gasteiger partial charge is 0.497 e. The molecule has 1 amide bonds. The van der Waals surface area contributed by atoms with Crippen molar-refractivity contribution in [2.24, 2.45) is 0 Å². The maximum Gasteiger partial charge on any atom is 0.270 e. The second-order valence-electron chi connectivity index (χ2n) is 4.68. The molecule has 6 nitrogen and oxygen atoms in total. The number of methoxy groups -OCH3 is 1. The van der Waals surface area contributed by atoms with Crippen LogP contribution in [0.4, 0.5) is 5.69 Å². The van der Waals surface area contributed by atoms with Crippen LogP contribution in [0.15, 0.2) is 47.4 Å². The molecule has 0 saturated carbocycles. The molecule has 0 saturated heterocycles. The quantitative estimate of drug-likeness (QED) is 0.666. The number of carbonyl (C=O) groups excluding carboxylic acids is 1. The zero-order valence-electron chi connectivity index (χ0n) is 13.6. The van der Waals surface area contributed by atoms with Crippen LogP contribution in [0.2, 0.25) is 0 Å². The molecule has 2 aromatic rings. The number of nitrogens with one attached hydrogen (secondary N) is 1. The lowest BCUT2D eigenvalue weighted by molar-refractivity contribution is -0.384. The van der Waals surface area contributed by atoms with Crippen molar-refractivity contribution in [3.8, 4) is 5.75 Å². The third kappa shape index (κ3) is 3.68. The summed E-state index contributed by atoms with van der Waals surface area (Å²) in [6.07, 6.45) is 0. The van der Waals surface area contributed by atoms with Crippen LogP contribution in [0.25, 0.3) is 0 Å². The molecule has 2 aromatic carbocycles. The fourth-order valence-electron chi connectivity index (χ4n) is 2.20. The van der Waals surface area contributed by atoms with Crippen LogP contribution in [-0.2, 0) is 0 Å². The molecule has 1 unspecified atom stereocenters. The molecule has 7 heteroatoms. The summed E-state index contributed by atoms with van der Waals surface area (Å²) >= 11 is 1.45. The third-order valence-corrected chi connectivity index (χ3v) is 4.58. The molecule has 126 valence electrons. The van der Waals surface area contributed by atoms with Gasteiger partial charge in [-0.2, -0.15) is 0 Å². The van der Waals surface area contributed by atoms with Crippen molar-refractivity contribution in [1.29, 1.82) is 0 Å². The molecular weight excluding hydrogens is 328 g/mol. The predicted molar refractivity (Wildman–Crippen MR) is 93.5 cm³/mol. The van der Waals surface area contributed by atoms with Crippen LogP contribution in [0.5, 0.6) is 5.75 Å². The molecular formula is C17H18N2O4S. The minimum absolute atomic E-state index is 0.0857. The van der Waals surface area contributed by atoms with Gasteiger partial charge in [-0.25, -0.2) is 0 Å². The second kappa shape index (κ2) is 7.83. The van der Waals surface area contributed by atoms with E-state index < -0.39 is 4.92 Å². The number of carbonyl (C=O) groups is 1. The number of amides is 1. The van der Waals surface area contributed by atoms with E-state index >= 15 is 0 Å². The van der Waals surface area contributed by atoms with E-state index in [0.29, 0.717) is 5.56 Å². The Morgan fingerprint density at radius 1 is 1.17 bits per heavy atom. The molecule has 24 heavy (non-hydrogen) atoms. The molecule has 1 N–H and O–H groups in total. The number of nitrogens with zero attached hydrogens (tertiary/aromatic N) is 1. The number of benzene rings is 2. The molecule has 0 aromatic heterocycles. The van der Waals surface area contributed by atoms with E-state index in [2.05, 4.69) is 5.32 Å². The van der Waals surface area contributed by atoms with Crippen molar-refractivity contribution in [3.63, 3.8) is 0 Å². The molecule has 1 heterocycles. The highest BCUT2D eigenvalue weighted by Crippen LogP contribution is 2.40. The maximum atomic E-state index is 12.2. The van der Waals surface area contributed by atoms with E-state index in [1.165, 1.54) is 23.9 Å². The van der Waals surface area contributed by atoms with Crippen molar-refractivity contribution in [2.45, 2.75) is 24.1 Å². The van der Waals surface area contributed by atoms with Crippen molar-refractivity contribution in [3.05, 3.63) is 63.7 Å². The van der Waals surface area contributed by atoms with E-state index in [4.69, 9.17) is 4.74 Å². The van der Waals surface area contributed by atoms with Gasteiger partial charge in [-0.1, -0.05) is 37.7 Å². The van der Waals surface area contributed by atoms with Crippen molar-refractivity contribution < 1.29 is 14.5 Å². The Morgan fingerprint density at radius 3 is 2.42 bits per heavy atom. The van der Waals surface area contributed by atoms with Crippen LogP contribution >= 0.6 is 11.8 Å². The maximum absolute atomic E-state index is 12.2. The molecule has 0 fully saturated rings. The van der Waals surface area contributed by atoms with Gasteiger partial charge in [0.1, 0.15) is 11.1 Å². The van der Waals surface area contributed by atoms with Gasteiger partial charge in [0.25, 0.3) is 11.6 Å².